The van der Waals surface area contributed by atoms with Gasteiger partial charge in [0.2, 0.25) is 0 Å². The molecule has 2 amide bonds. The van der Waals surface area contributed by atoms with Gasteiger partial charge in [-0.2, -0.15) is 5.10 Å². The normalized spacial score (nSPS) is 19.2. The van der Waals surface area contributed by atoms with Crippen LogP contribution in [0.1, 0.15) is 18.4 Å². The zero-order chi connectivity index (χ0) is 13.8. The molecule has 0 spiro atoms. The molecule has 0 radical (unpaired) electrons. The molecule has 2 rings (SSSR count). The van der Waals surface area contributed by atoms with Crippen LogP contribution < -0.4 is 0 Å². The molecule has 19 heavy (non-hydrogen) atoms. The average molecular weight is 266 g/mol. The summed E-state index contributed by atoms with van der Waals surface area (Å²) in [6.45, 7) is 1.38. The standard InChI is InChI=1S/C12H18N4O3/c1-15(7-9-5-13-14-6-9)12(19)16-4-2-3-10(8-16)11(17)18/h5-6,10H,2-4,7-8H2,1H3,(H,13,14)(H,17,18)/t10-/m0/s1. The third-order valence-electron chi connectivity index (χ3n) is 3.34. The Labute approximate surface area is 111 Å². The minimum atomic E-state index is -0.824. The van der Waals surface area contributed by atoms with Gasteiger partial charge in [-0.25, -0.2) is 4.79 Å². The van der Waals surface area contributed by atoms with Gasteiger partial charge in [0.1, 0.15) is 0 Å². The molecule has 104 valence electrons. The van der Waals surface area contributed by atoms with Crippen molar-refractivity contribution in [3.8, 4) is 0 Å². The summed E-state index contributed by atoms with van der Waals surface area (Å²) in [5.41, 5.74) is 0.919. The average Bonchev–Trinajstić information content (AvgIpc) is 2.90. The molecular formula is C12H18N4O3. The number of nitrogens with one attached hydrogen (secondary N) is 1. The van der Waals surface area contributed by atoms with Gasteiger partial charge in [-0.1, -0.05) is 0 Å². The summed E-state index contributed by atoms with van der Waals surface area (Å²) in [6.07, 6.45) is 4.78. The molecule has 0 aromatic carbocycles. The lowest BCUT2D eigenvalue weighted by molar-refractivity contribution is -0.143. The van der Waals surface area contributed by atoms with Crippen LogP contribution in [0.4, 0.5) is 4.79 Å². The van der Waals surface area contributed by atoms with Crippen LogP contribution in [0.3, 0.4) is 0 Å². The van der Waals surface area contributed by atoms with Crippen LogP contribution in [0.25, 0.3) is 0 Å². The number of amides is 2. The number of carbonyl (C=O) groups is 2. The highest BCUT2D eigenvalue weighted by Crippen LogP contribution is 2.18. The second-order valence-electron chi connectivity index (χ2n) is 4.87. The molecule has 0 aliphatic carbocycles. The van der Waals surface area contributed by atoms with Crippen molar-refractivity contribution in [1.82, 2.24) is 20.0 Å². The lowest BCUT2D eigenvalue weighted by Crippen LogP contribution is -2.47. The fourth-order valence-electron chi connectivity index (χ4n) is 2.30. The molecule has 1 aromatic rings. The third-order valence-corrected chi connectivity index (χ3v) is 3.34. The van der Waals surface area contributed by atoms with Crippen molar-refractivity contribution in [2.75, 3.05) is 20.1 Å². The SMILES string of the molecule is CN(Cc1cn[nH]c1)C(=O)N1CCC[C@H](C(=O)O)C1. The van der Waals surface area contributed by atoms with E-state index < -0.39 is 11.9 Å². The number of carboxylic acid groups (broad SMARTS) is 1. The van der Waals surface area contributed by atoms with Gasteiger partial charge in [0.05, 0.1) is 18.7 Å². The number of aromatic nitrogens is 2. The van der Waals surface area contributed by atoms with Crippen LogP contribution in [0, 0.1) is 5.92 Å². The Morgan fingerprint density at radius 2 is 2.42 bits per heavy atom. The number of rotatable bonds is 3. The molecular weight excluding hydrogens is 248 g/mol. The maximum absolute atomic E-state index is 12.2. The second-order valence-corrected chi connectivity index (χ2v) is 4.87. The molecule has 7 heteroatoms. The summed E-state index contributed by atoms with van der Waals surface area (Å²) in [4.78, 5) is 26.4. The second kappa shape index (κ2) is 5.73. The maximum atomic E-state index is 12.2. The van der Waals surface area contributed by atoms with E-state index in [1.165, 1.54) is 0 Å². The summed E-state index contributed by atoms with van der Waals surface area (Å²) in [6, 6.07) is -0.132. The Morgan fingerprint density at radius 1 is 1.63 bits per heavy atom. The van der Waals surface area contributed by atoms with Crippen molar-refractivity contribution in [3.05, 3.63) is 18.0 Å². The molecule has 1 aliphatic heterocycles. The van der Waals surface area contributed by atoms with Crippen molar-refractivity contribution in [1.29, 1.82) is 0 Å². The Hall–Kier alpha value is -2.05. The lowest BCUT2D eigenvalue weighted by atomic mass is 9.99. The molecule has 1 aromatic heterocycles. The van der Waals surface area contributed by atoms with Gasteiger partial charge in [0, 0.05) is 31.9 Å². The highest BCUT2D eigenvalue weighted by atomic mass is 16.4. The van der Waals surface area contributed by atoms with Gasteiger partial charge in [0.25, 0.3) is 0 Å². The largest absolute Gasteiger partial charge is 0.481 e. The van der Waals surface area contributed by atoms with Crippen LogP contribution in [-0.4, -0.2) is 57.2 Å². The van der Waals surface area contributed by atoms with Crippen molar-refractivity contribution in [2.45, 2.75) is 19.4 Å². The lowest BCUT2D eigenvalue weighted by Gasteiger charge is -2.33. The van der Waals surface area contributed by atoms with Gasteiger partial charge in [-0.05, 0) is 12.8 Å². The molecule has 0 bridgehead atoms. The Balaban J connectivity index is 1.93. The van der Waals surface area contributed by atoms with E-state index in [9.17, 15) is 9.59 Å². The highest BCUT2D eigenvalue weighted by molar-refractivity contribution is 5.76. The van der Waals surface area contributed by atoms with Crippen molar-refractivity contribution in [2.24, 2.45) is 5.92 Å². The van der Waals surface area contributed by atoms with Gasteiger partial charge >= 0.3 is 12.0 Å². The monoisotopic (exact) mass is 266 g/mol. The predicted molar refractivity (Wildman–Crippen MR) is 67.4 cm³/mol. The van der Waals surface area contributed by atoms with Crippen LogP contribution in [0.2, 0.25) is 0 Å². The van der Waals surface area contributed by atoms with Crippen LogP contribution in [-0.2, 0) is 11.3 Å². The summed E-state index contributed by atoms with van der Waals surface area (Å²) in [5.74, 6) is -1.27. The Kier molecular flexibility index (Phi) is 4.03. The van der Waals surface area contributed by atoms with E-state index in [0.29, 0.717) is 26.1 Å². The van der Waals surface area contributed by atoms with E-state index in [1.807, 2.05) is 0 Å². The van der Waals surface area contributed by atoms with Gasteiger partial charge in [-0.3, -0.25) is 9.89 Å². The molecule has 1 fully saturated rings. The number of carboxylic acids is 1. The van der Waals surface area contributed by atoms with E-state index in [-0.39, 0.29) is 6.03 Å². The maximum Gasteiger partial charge on any atom is 0.320 e. The quantitative estimate of drug-likeness (QED) is 0.845. The minimum Gasteiger partial charge on any atom is -0.481 e. The minimum absolute atomic E-state index is 0.132. The van der Waals surface area contributed by atoms with Crippen molar-refractivity contribution in [3.63, 3.8) is 0 Å². The first-order chi connectivity index (χ1) is 9.08. The Bertz CT molecular complexity index is 446. The van der Waals surface area contributed by atoms with Crippen LogP contribution in [0.15, 0.2) is 12.4 Å². The number of hydrogen-bond donors (Lipinski definition) is 2. The number of aliphatic carboxylic acids is 1. The number of aromatic amines is 1. The van der Waals surface area contributed by atoms with E-state index in [1.54, 1.807) is 29.2 Å². The number of piperidine rings is 1. The molecule has 1 aliphatic rings. The third kappa shape index (κ3) is 3.24. The molecule has 0 saturated carbocycles. The summed E-state index contributed by atoms with van der Waals surface area (Å²) < 4.78 is 0. The summed E-state index contributed by atoms with van der Waals surface area (Å²) in [7, 11) is 1.71. The first-order valence-electron chi connectivity index (χ1n) is 6.28. The first kappa shape index (κ1) is 13.4. The number of nitrogens with zero attached hydrogens (tertiary/aromatic N) is 3. The fourth-order valence-corrected chi connectivity index (χ4v) is 2.30. The zero-order valence-corrected chi connectivity index (χ0v) is 10.9. The molecule has 2 N–H and O–H groups in total. The topological polar surface area (TPSA) is 89.5 Å². The van der Waals surface area contributed by atoms with Gasteiger partial charge in [-0.15, -0.1) is 0 Å². The van der Waals surface area contributed by atoms with Crippen LogP contribution in [0.5, 0.6) is 0 Å². The predicted octanol–water partition coefficient (Wildman–Crippen LogP) is 0.758. The molecule has 0 unspecified atom stereocenters. The summed E-state index contributed by atoms with van der Waals surface area (Å²) in [5, 5.41) is 15.5. The van der Waals surface area contributed by atoms with E-state index >= 15 is 0 Å². The zero-order valence-electron chi connectivity index (χ0n) is 10.9. The van der Waals surface area contributed by atoms with E-state index in [0.717, 1.165) is 12.0 Å². The fraction of sp³-hybridized carbons (Fsp3) is 0.583. The molecule has 2 heterocycles. The molecule has 1 saturated heterocycles. The summed E-state index contributed by atoms with van der Waals surface area (Å²) >= 11 is 0. The molecule has 1 atom stereocenters. The van der Waals surface area contributed by atoms with Crippen molar-refractivity contribution >= 4 is 12.0 Å². The number of likely N-dealkylation sites (tertiary alicyclic amines) is 1. The smallest absolute Gasteiger partial charge is 0.320 e. The first-order valence-corrected chi connectivity index (χ1v) is 6.28. The van der Waals surface area contributed by atoms with E-state index in [2.05, 4.69) is 10.2 Å². The van der Waals surface area contributed by atoms with Crippen molar-refractivity contribution < 1.29 is 14.7 Å². The number of hydrogen-bond acceptors (Lipinski definition) is 3. The van der Waals surface area contributed by atoms with Crippen LogP contribution >= 0.6 is 0 Å². The molecule has 7 nitrogen and oxygen atoms in total. The number of urea groups is 1. The van der Waals surface area contributed by atoms with E-state index in [4.69, 9.17) is 5.11 Å². The number of carbonyl (C=O) groups excluding carboxylic acids is 1. The number of H-pyrrole nitrogens is 1. The Morgan fingerprint density at radius 3 is 3.05 bits per heavy atom. The highest BCUT2D eigenvalue weighted by Gasteiger charge is 2.29. The van der Waals surface area contributed by atoms with Gasteiger partial charge in [0.15, 0.2) is 0 Å². The van der Waals surface area contributed by atoms with Gasteiger partial charge < -0.3 is 14.9 Å².